The number of amides is 2. The van der Waals surface area contributed by atoms with Crippen molar-refractivity contribution in [3.63, 3.8) is 0 Å². The lowest BCUT2D eigenvalue weighted by Crippen LogP contribution is -2.43. The van der Waals surface area contributed by atoms with Crippen molar-refractivity contribution in [1.29, 1.82) is 0 Å². The molecule has 2 heterocycles. The Labute approximate surface area is 162 Å². The van der Waals surface area contributed by atoms with Crippen LogP contribution in [0.1, 0.15) is 33.6 Å². The number of benzene rings is 2. The van der Waals surface area contributed by atoms with Crippen molar-refractivity contribution in [2.45, 2.75) is 12.8 Å². The molecule has 0 saturated carbocycles. The van der Waals surface area contributed by atoms with Gasteiger partial charge in [0.25, 0.3) is 11.8 Å². The molecule has 3 aromatic rings. The van der Waals surface area contributed by atoms with Crippen LogP contribution in [-0.2, 0) is 0 Å². The predicted octanol–water partition coefficient (Wildman–Crippen LogP) is 4.18. The molecule has 0 aliphatic carbocycles. The second-order valence-electron chi connectivity index (χ2n) is 7.01. The Morgan fingerprint density at radius 2 is 1.96 bits per heavy atom. The average Bonchev–Trinajstić information content (AvgIpc) is 3.26. The zero-order chi connectivity index (χ0) is 18.6. The lowest BCUT2D eigenvalue weighted by molar-refractivity contribution is 0.0671. The van der Waals surface area contributed by atoms with E-state index in [0.29, 0.717) is 24.6 Å². The van der Waals surface area contributed by atoms with Gasteiger partial charge in [0.2, 0.25) is 0 Å². The van der Waals surface area contributed by atoms with Crippen molar-refractivity contribution in [3.8, 4) is 0 Å². The Morgan fingerprint density at radius 1 is 1.11 bits per heavy atom. The third kappa shape index (κ3) is 3.88. The third-order valence-corrected chi connectivity index (χ3v) is 5.84. The van der Waals surface area contributed by atoms with E-state index in [0.717, 1.165) is 35.7 Å². The van der Waals surface area contributed by atoms with Crippen molar-refractivity contribution < 1.29 is 9.59 Å². The fraction of sp³-hybridized carbons (Fsp3) is 0.273. The number of likely N-dealkylation sites (tertiary alicyclic amines) is 1. The molecule has 1 saturated heterocycles. The SMILES string of the molecule is O=C(NCC1CCCN(C(=O)c2ccsc2)C1)c1cccc2ccccc12. The van der Waals surface area contributed by atoms with Gasteiger partial charge in [-0.05, 0) is 47.0 Å². The maximum absolute atomic E-state index is 12.7. The first-order valence-electron chi connectivity index (χ1n) is 9.30. The van der Waals surface area contributed by atoms with E-state index in [1.807, 2.05) is 64.2 Å². The molecule has 1 unspecified atom stereocenters. The van der Waals surface area contributed by atoms with Crippen molar-refractivity contribution in [3.05, 3.63) is 70.4 Å². The maximum atomic E-state index is 12.7. The van der Waals surface area contributed by atoms with Gasteiger partial charge in [-0.3, -0.25) is 9.59 Å². The normalized spacial score (nSPS) is 17.0. The van der Waals surface area contributed by atoms with E-state index < -0.39 is 0 Å². The van der Waals surface area contributed by atoms with Crippen LogP contribution in [0.2, 0.25) is 0 Å². The Bertz CT molecular complexity index is 947. The van der Waals surface area contributed by atoms with E-state index in [2.05, 4.69) is 5.32 Å². The summed E-state index contributed by atoms with van der Waals surface area (Å²) in [4.78, 5) is 27.2. The van der Waals surface area contributed by atoms with Crippen LogP contribution in [0.4, 0.5) is 0 Å². The van der Waals surface area contributed by atoms with Gasteiger partial charge in [0.15, 0.2) is 0 Å². The van der Waals surface area contributed by atoms with Crippen LogP contribution in [0.5, 0.6) is 0 Å². The summed E-state index contributed by atoms with van der Waals surface area (Å²) in [6, 6.07) is 15.6. The summed E-state index contributed by atoms with van der Waals surface area (Å²) in [6.07, 6.45) is 2.01. The van der Waals surface area contributed by atoms with E-state index in [4.69, 9.17) is 0 Å². The summed E-state index contributed by atoms with van der Waals surface area (Å²) in [7, 11) is 0. The lowest BCUT2D eigenvalue weighted by atomic mass is 9.97. The quantitative estimate of drug-likeness (QED) is 0.740. The summed E-state index contributed by atoms with van der Waals surface area (Å²) < 4.78 is 0. The van der Waals surface area contributed by atoms with Crippen molar-refractivity contribution in [1.82, 2.24) is 10.2 Å². The minimum Gasteiger partial charge on any atom is -0.352 e. The summed E-state index contributed by atoms with van der Waals surface area (Å²) in [6.45, 7) is 2.09. The molecule has 1 aromatic heterocycles. The van der Waals surface area contributed by atoms with Crippen LogP contribution in [0.25, 0.3) is 10.8 Å². The summed E-state index contributed by atoms with van der Waals surface area (Å²) in [5.74, 6) is 0.342. The smallest absolute Gasteiger partial charge is 0.254 e. The first-order chi connectivity index (χ1) is 13.2. The summed E-state index contributed by atoms with van der Waals surface area (Å²) >= 11 is 1.54. The van der Waals surface area contributed by atoms with Gasteiger partial charge in [-0.25, -0.2) is 0 Å². The minimum atomic E-state index is -0.0481. The minimum absolute atomic E-state index is 0.0481. The Kier molecular flexibility index (Phi) is 5.21. The molecule has 138 valence electrons. The number of thiophene rings is 1. The average molecular weight is 378 g/mol. The van der Waals surface area contributed by atoms with Gasteiger partial charge < -0.3 is 10.2 Å². The van der Waals surface area contributed by atoms with E-state index >= 15 is 0 Å². The standard InChI is InChI=1S/C22H22N2O2S/c25-21(20-9-3-7-17-6-1-2-8-19(17)20)23-13-16-5-4-11-24(14-16)22(26)18-10-12-27-15-18/h1-3,6-10,12,15-16H,4-5,11,13-14H2,(H,23,25). The molecule has 2 amide bonds. The van der Waals surface area contributed by atoms with Gasteiger partial charge in [-0.2, -0.15) is 11.3 Å². The van der Waals surface area contributed by atoms with Gasteiger partial charge in [-0.1, -0.05) is 36.4 Å². The molecule has 2 aromatic carbocycles. The van der Waals surface area contributed by atoms with Crippen LogP contribution >= 0.6 is 11.3 Å². The van der Waals surface area contributed by atoms with Gasteiger partial charge in [-0.15, -0.1) is 0 Å². The number of hydrogen-bond acceptors (Lipinski definition) is 3. The van der Waals surface area contributed by atoms with E-state index in [1.54, 1.807) is 11.3 Å². The molecule has 0 radical (unpaired) electrons. The van der Waals surface area contributed by atoms with Gasteiger partial charge >= 0.3 is 0 Å². The fourth-order valence-corrected chi connectivity index (χ4v) is 4.37. The largest absolute Gasteiger partial charge is 0.352 e. The highest BCUT2D eigenvalue weighted by Crippen LogP contribution is 2.21. The van der Waals surface area contributed by atoms with Crippen LogP contribution in [0, 0.1) is 5.92 Å². The Hall–Kier alpha value is -2.66. The number of nitrogens with one attached hydrogen (secondary N) is 1. The second kappa shape index (κ2) is 7.92. The van der Waals surface area contributed by atoms with Gasteiger partial charge in [0.05, 0.1) is 5.56 Å². The fourth-order valence-electron chi connectivity index (χ4n) is 3.74. The molecule has 1 atom stereocenters. The molecule has 1 aliphatic heterocycles. The number of piperidine rings is 1. The first-order valence-corrected chi connectivity index (χ1v) is 10.2. The summed E-state index contributed by atoms with van der Waals surface area (Å²) in [5, 5.41) is 8.94. The molecule has 4 nitrogen and oxygen atoms in total. The van der Waals surface area contributed by atoms with Crippen molar-refractivity contribution >= 4 is 33.9 Å². The van der Waals surface area contributed by atoms with E-state index in [1.165, 1.54) is 0 Å². The maximum Gasteiger partial charge on any atom is 0.254 e. The third-order valence-electron chi connectivity index (χ3n) is 5.16. The van der Waals surface area contributed by atoms with Crippen LogP contribution < -0.4 is 5.32 Å². The molecule has 0 bridgehead atoms. The number of hydrogen-bond donors (Lipinski definition) is 1. The molecular formula is C22H22N2O2S. The second-order valence-corrected chi connectivity index (χ2v) is 7.79. The molecule has 1 aliphatic rings. The lowest BCUT2D eigenvalue weighted by Gasteiger charge is -2.32. The Balaban J connectivity index is 1.39. The number of carbonyl (C=O) groups is 2. The summed E-state index contributed by atoms with van der Waals surface area (Å²) in [5.41, 5.74) is 1.47. The predicted molar refractivity (Wildman–Crippen MR) is 109 cm³/mol. The molecule has 1 fully saturated rings. The van der Waals surface area contributed by atoms with Crippen LogP contribution in [-0.4, -0.2) is 36.3 Å². The topological polar surface area (TPSA) is 49.4 Å². The molecule has 5 heteroatoms. The molecular weight excluding hydrogens is 356 g/mol. The molecule has 4 rings (SSSR count). The van der Waals surface area contributed by atoms with Gasteiger partial charge in [0.1, 0.15) is 0 Å². The Morgan fingerprint density at radius 3 is 2.81 bits per heavy atom. The number of rotatable bonds is 4. The molecule has 27 heavy (non-hydrogen) atoms. The van der Waals surface area contributed by atoms with Crippen LogP contribution in [0.15, 0.2) is 59.3 Å². The number of fused-ring (bicyclic) bond motifs is 1. The van der Waals surface area contributed by atoms with Crippen molar-refractivity contribution in [2.75, 3.05) is 19.6 Å². The molecule has 1 N–H and O–H groups in total. The monoisotopic (exact) mass is 378 g/mol. The van der Waals surface area contributed by atoms with E-state index in [-0.39, 0.29) is 11.8 Å². The number of carbonyl (C=O) groups excluding carboxylic acids is 2. The zero-order valence-corrected chi connectivity index (χ0v) is 15.9. The molecule has 0 spiro atoms. The number of nitrogens with zero attached hydrogens (tertiary/aromatic N) is 1. The van der Waals surface area contributed by atoms with E-state index in [9.17, 15) is 9.59 Å². The van der Waals surface area contributed by atoms with Crippen molar-refractivity contribution in [2.24, 2.45) is 5.92 Å². The first kappa shape index (κ1) is 17.7. The van der Waals surface area contributed by atoms with Crippen LogP contribution in [0.3, 0.4) is 0 Å². The highest BCUT2D eigenvalue weighted by Gasteiger charge is 2.25. The highest BCUT2D eigenvalue weighted by atomic mass is 32.1. The highest BCUT2D eigenvalue weighted by molar-refractivity contribution is 7.08. The zero-order valence-electron chi connectivity index (χ0n) is 15.1. The van der Waals surface area contributed by atoms with Gasteiger partial charge in [0, 0.05) is 30.6 Å².